The summed E-state index contributed by atoms with van der Waals surface area (Å²) in [5.41, 5.74) is -0.304. The van der Waals surface area contributed by atoms with E-state index < -0.39 is 5.60 Å². The lowest BCUT2D eigenvalue weighted by Gasteiger charge is -2.41. The van der Waals surface area contributed by atoms with Crippen LogP contribution in [0.3, 0.4) is 0 Å². The molecule has 3 nitrogen and oxygen atoms in total. The number of halogens is 1. The van der Waals surface area contributed by atoms with E-state index in [-0.39, 0.29) is 11.5 Å². The fourth-order valence-corrected chi connectivity index (χ4v) is 2.16. The third-order valence-corrected chi connectivity index (χ3v) is 4.45. The first kappa shape index (κ1) is 13.8. The molecule has 0 radical (unpaired) electrons. The summed E-state index contributed by atoms with van der Waals surface area (Å²) >= 11 is 3.67. The van der Waals surface area contributed by atoms with Crippen molar-refractivity contribution in [2.24, 2.45) is 5.41 Å². The van der Waals surface area contributed by atoms with Crippen molar-refractivity contribution in [3.8, 4) is 0 Å². The molecule has 0 saturated carbocycles. The molecule has 1 aliphatic heterocycles. The van der Waals surface area contributed by atoms with Gasteiger partial charge in [0.2, 0.25) is 0 Å². The summed E-state index contributed by atoms with van der Waals surface area (Å²) in [7, 11) is 0. The molecular weight excluding hydrogens is 270 g/mol. The molecule has 1 aliphatic rings. The van der Waals surface area contributed by atoms with Crippen molar-refractivity contribution in [2.75, 3.05) is 13.1 Å². The first-order valence-electron chi connectivity index (χ1n) is 5.74. The van der Waals surface area contributed by atoms with Gasteiger partial charge in [0.1, 0.15) is 5.60 Å². The predicted octanol–water partition coefficient (Wildman–Crippen LogP) is 3.42. The molecule has 1 amide bonds. The molecule has 4 heteroatoms. The number of piperidine rings is 1. The summed E-state index contributed by atoms with van der Waals surface area (Å²) < 4.78 is 5.38. The number of likely N-dealkylation sites (tertiary alicyclic amines) is 1. The summed E-state index contributed by atoms with van der Waals surface area (Å²) in [6.07, 6.45) is 0.784. The van der Waals surface area contributed by atoms with E-state index in [1.54, 1.807) is 0 Å². The fraction of sp³-hybridized carbons (Fsp3) is 0.917. The maximum atomic E-state index is 11.9. The van der Waals surface area contributed by atoms with Crippen molar-refractivity contribution >= 4 is 22.0 Å². The number of carbonyl (C=O) groups is 1. The Bertz CT molecular complexity index is 271. The Labute approximate surface area is 107 Å². The van der Waals surface area contributed by atoms with Crippen LogP contribution in [0, 0.1) is 5.41 Å². The molecule has 0 aromatic rings. The Morgan fingerprint density at radius 2 is 2.00 bits per heavy atom. The molecule has 0 aromatic carbocycles. The van der Waals surface area contributed by atoms with Crippen LogP contribution in [0.5, 0.6) is 0 Å². The van der Waals surface area contributed by atoms with E-state index >= 15 is 0 Å². The average Bonchev–Trinajstić information content (AvgIpc) is 2.06. The number of hydrogen-bond acceptors (Lipinski definition) is 2. The molecule has 94 valence electrons. The highest BCUT2D eigenvalue weighted by atomic mass is 79.9. The Kier molecular flexibility index (Phi) is 3.93. The van der Waals surface area contributed by atoms with Crippen molar-refractivity contribution in [3.05, 3.63) is 0 Å². The van der Waals surface area contributed by atoms with Crippen molar-refractivity contribution in [2.45, 2.75) is 51.5 Å². The molecule has 1 saturated heterocycles. The number of hydrogen-bond donors (Lipinski definition) is 0. The monoisotopic (exact) mass is 291 g/mol. The van der Waals surface area contributed by atoms with Gasteiger partial charge in [0.25, 0.3) is 0 Å². The third kappa shape index (κ3) is 3.65. The molecular formula is C12H22BrNO2. The van der Waals surface area contributed by atoms with Gasteiger partial charge in [-0.05, 0) is 32.6 Å². The van der Waals surface area contributed by atoms with Crippen molar-refractivity contribution in [3.63, 3.8) is 0 Å². The van der Waals surface area contributed by atoms with Crippen LogP contribution >= 0.6 is 15.9 Å². The highest BCUT2D eigenvalue weighted by Gasteiger charge is 2.37. The van der Waals surface area contributed by atoms with Gasteiger partial charge in [0.15, 0.2) is 0 Å². The van der Waals surface area contributed by atoms with E-state index in [0.29, 0.717) is 4.83 Å². The molecule has 0 spiro atoms. The van der Waals surface area contributed by atoms with Crippen LogP contribution in [0.4, 0.5) is 4.79 Å². The summed E-state index contributed by atoms with van der Waals surface area (Å²) in [6.45, 7) is 11.5. The van der Waals surface area contributed by atoms with Gasteiger partial charge in [-0.25, -0.2) is 4.79 Å². The topological polar surface area (TPSA) is 29.5 Å². The SMILES string of the molecule is CC(C)(C)OC(=O)N1CCC(Br)C(C)(C)C1. The van der Waals surface area contributed by atoms with Crippen LogP contribution in [-0.4, -0.2) is 34.5 Å². The van der Waals surface area contributed by atoms with Gasteiger partial charge in [-0.2, -0.15) is 0 Å². The van der Waals surface area contributed by atoms with E-state index in [1.165, 1.54) is 0 Å². The molecule has 0 aliphatic carbocycles. The second kappa shape index (κ2) is 4.55. The van der Waals surface area contributed by atoms with E-state index in [4.69, 9.17) is 4.74 Å². The van der Waals surface area contributed by atoms with Crippen LogP contribution < -0.4 is 0 Å². The quantitative estimate of drug-likeness (QED) is 0.640. The second-order valence-electron chi connectivity index (χ2n) is 6.15. The molecule has 0 N–H and O–H groups in total. The first-order chi connectivity index (χ1) is 7.12. The Balaban J connectivity index is 2.60. The lowest BCUT2D eigenvalue weighted by Crippen LogP contribution is -2.50. The first-order valence-corrected chi connectivity index (χ1v) is 6.65. The maximum absolute atomic E-state index is 11.9. The Morgan fingerprint density at radius 1 is 1.44 bits per heavy atom. The zero-order valence-corrected chi connectivity index (χ0v) is 12.4. The number of ether oxygens (including phenoxy) is 1. The summed E-state index contributed by atoms with van der Waals surface area (Å²) in [4.78, 5) is 14.2. The minimum Gasteiger partial charge on any atom is -0.444 e. The normalized spacial score (nSPS) is 25.4. The van der Waals surface area contributed by atoms with Crippen molar-refractivity contribution < 1.29 is 9.53 Å². The van der Waals surface area contributed by atoms with Crippen LogP contribution in [0.15, 0.2) is 0 Å². The second-order valence-corrected chi connectivity index (χ2v) is 7.25. The van der Waals surface area contributed by atoms with Crippen LogP contribution in [0.2, 0.25) is 0 Å². The zero-order valence-electron chi connectivity index (χ0n) is 10.8. The van der Waals surface area contributed by atoms with E-state index in [9.17, 15) is 4.79 Å². The van der Waals surface area contributed by atoms with Gasteiger partial charge in [0.05, 0.1) is 0 Å². The van der Waals surface area contributed by atoms with Crippen LogP contribution in [-0.2, 0) is 4.74 Å². The number of rotatable bonds is 0. The zero-order chi connectivity index (χ0) is 12.6. The lowest BCUT2D eigenvalue weighted by molar-refractivity contribution is 0.0105. The highest BCUT2D eigenvalue weighted by molar-refractivity contribution is 9.09. The minimum absolute atomic E-state index is 0.106. The van der Waals surface area contributed by atoms with E-state index in [2.05, 4.69) is 29.8 Å². The van der Waals surface area contributed by atoms with Crippen molar-refractivity contribution in [1.82, 2.24) is 4.90 Å². The van der Waals surface area contributed by atoms with Gasteiger partial charge in [-0.15, -0.1) is 0 Å². The molecule has 0 aromatic heterocycles. The molecule has 1 heterocycles. The Morgan fingerprint density at radius 3 is 2.44 bits per heavy atom. The molecule has 1 unspecified atom stereocenters. The van der Waals surface area contributed by atoms with Crippen molar-refractivity contribution in [1.29, 1.82) is 0 Å². The highest BCUT2D eigenvalue weighted by Crippen LogP contribution is 2.34. The molecule has 1 atom stereocenters. The van der Waals surface area contributed by atoms with Gasteiger partial charge < -0.3 is 9.64 Å². The minimum atomic E-state index is -0.410. The summed E-state index contributed by atoms with van der Waals surface area (Å²) in [6, 6.07) is 0. The van der Waals surface area contributed by atoms with Gasteiger partial charge >= 0.3 is 6.09 Å². The molecule has 0 bridgehead atoms. The predicted molar refractivity (Wildman–Crippen MR) is 68.9 cm³/mol. The smallest absolute Gasteiger partial charge is 0.410 e. The molecule has 1 fully saturated rings. The Hall–Kier alpha value is -0.250. The van der Waals surface area contributed by atoms with Crippen LogP contribution in [0.1, 0.15) is 41.0 Å². The fourth-order valence-electron chi connectivity index (χ4n) is 1.81. The van der Waals surface area contributed by atoms with Crippen LogP contribution in [0.25, 0.3) is 0 Å². The lowest BCUT2D eigenvalue weighted by atomic mass is 9.84. The number of amides is 1. The van der Waals surface area contributed by atoms with Gasteiger partial charge in [0, 0.05) is 17.9 Å². The maximum Gasteiger partial charge on any atom is 0.410 e. The standard InChI is InChI=1S/C12H22BrNO2/c1-11(2,3)16-10(15)14-7-6-9(13)12(4,5)8-14/h9H,6-8H2,1-5H3. The molecule has 1 rings (SSSR count). The number of carbonyl (C=O) groups excluding carboxylic acids is 1. The summed E-state index contributed by atoms with van der Waals surface area (Å²) in [5, 5.41) is 0. The summed E-state index contributed by atoms with van der Waals surface area (Å²) in [5.74, 6) is 0. The van der Waals surface area contributed by atoms with E-state index in [1.807, 2.05) is 25.7 Å². The average molecular weight is 292 g/mol. The van der Waals surface area contributed by atoms with Gasteiger partial charge in [-0.1, -0.05) is 29.8 Å². The molecule has 16 heavy (non-hydrogen) atoms. The van der Waals surface area contributed by atoms with Gasteiger partial charge in [-0.3, -0.25) is 0 Å². The third-order valence-electron chi connectivity index (χ3n) is 2.75. The largest absolute Gasteiger partial charge is 0.444 e. The number of nitrogens with zero attached hydrogens (tertiary/aromatic N) is 1. The van der Waals surface area contributed by atoms with E-state index in [0.717, 1.165) is 19.5 Å². The number of alkyl halides is 1.